The molecule has 0 radical (unpaired) electrons. The summed E-state index contributed by atoms with van der Waals surface area (Å²) in [4.78, 5) is 71.5. The quantitative estimate of drug-likeness (QED) is 0.365. The van der Waals surface area contributed by atoms with Crippen LogP contribution in [0.4, 0.5) is 0 Å². The van der Waals surface area contributed by atoms with Crippen LogP contribution in [0, 0.1) is 23.7 Å². The minimum atomic E-state index is -2.80. The molecule has 1 saturated heterocycles. The summed E-state index contributed by atoms with van der Waals surface area (Å²) in [6, 6.07) is 3.02. The first-order chi connectivity index (χ1) is 17.8. The number of likely N-dealkylation sites (tertiary alicyclic amines) is 1. The minimum Gasteiger partial charge on any atom is -0.507 e. The highest BCUT2D eigenvalue weighted by Gasteiger charge is 2.71. The van der Waals surface area contributed by atoms with E-state index in [1.807, 2.05) is 4.90 Å². The lowest BCUT2D eigenvalue weighted by Gasteiger charge is -2.55. The average molecular weight is 528 g/mol. The summed E-state index contributed by atoms with van der Waals surface area (Å²) in [6.07, 6.45) is 1.73. The number of fused-ring (bicyclic) bond motifs is 3. The van der Waals surface area contributed by atoms with Gasteiger partial charge in [0.15, 0.2) is 34.7 Å². The van der Waals surface area contributed by atoms with Crippen LogP contribution in [0.5, 0.6) is 5.75 Å². The third-order valence-electron chi connectivity index (χ3n) is 9.03. The van der Waals surface area contributed by atoms with Crippen molar-refractivity contribution in [2.24, 2.45) is 23.7 Å². The van der Waals surface area contributed by atoms with Crippen molar-refractivity contribution >= 4 is 29.0 Å². The summed E-state index contributed by atoms with van der Waals surface area (Å²) in [5.74, 6) is -11.2. The number of rotatable bonds is 4. The van der Waals surface area contributed by atoms with Crippen LogP contribution >= 0.6 is 0 Å². The summed E-state index contributed by atoms with van der Waals surface area (Å²) in [5.41, 5.74) is -4.68. The van der Waals surface area contributed by atoms with Gasteiger partial charge in [-0.15, -0.1) is 0 Å². The topological polar surface area (TPSA) is 165 Å². The highest BCUT2D eigenvalue weighted by molar-refractivity contribution is 6.32. The smallest absolute Gasteiger partial charge is 0.239 e. The molecule has 11 nitrogen and oxygen atoms in total. The molecule has 1 aromatic carbocycles. The summed E-state index contributed by atoms with van der Waals surface area (Å²) in [5, 5.41) is 36.4. The molecule has 4 aliphatic rings. The molecule has 2 unspecified atom stereocenters. The van der Waals surface area contributed by atoms with Crippen LogP contribution in [0.2, 0.25) is 0 Å². The van der Waals surface area contributed by atoms with Crippen molar-refractivity contribution in [3.8, 4) is 5.75 Å². The zero-order valence-corrected chi connectivity index (χ0v) is 21.6. The Morgan fingerprint density at radius 2 is 1.74 bits per heavy atom. The fourth-order valence-corrected chi connectivity index (χ4v) is 7.09. The molecule has 38 heavy (non-hydrogen) atoms. The summed E-state index contributed by atoms with van der Waals surface area (Å²) in [6.45, 7) is 3.06. The Labute approximate surface area is 219 Å². The second-order valence-electron chi connectivity index (χ2n) is 11.4. The number of aliphatic hydroxyl groups is 2. The Hall–Kier alpha value is -2.99. The molecular formula is C27H33N3O8. The third-order valence-corrected chi connectivity index (χ3v) is 9.03. The lowest BCUT2D eigenvalue weighted by atomic mass is 9.49. The molecule has 11 heteroatoms. The van der Waals surface area contributed by atoms with Crippen molar-refractivity contribution in [2.75, 3.05) is 33.9 Å². The number of Topliss-reactive ketones (excluding diaryl/α,β-unsaturated/α-hetero) is 4. The maximum atomic E-state index is 14.0. The van der Waals surface area contributed by atoms with E-state index in [9.17, 15) is 39.3 Å². The molecule has 204 valence electrons. The minimum absolute atomic E-state index is 0.125. The zero-order chi connectivity index (χ0) is 27.7. The van der Waals surface area contributed by atoms with Gasteiger partial charge in [-0.25, -0.2) is 0 Å². The molecule has 4 N–H and O–H groups in total. The number of hydrogen-bond acceptors (Lipinski definition) is 10. The van der Waals surface area contributed by atoms with Crippen LogP contribution in [0.15, 0.2) is 18.2 Å². The predicted molar refractivity (Wildman–Crippen MR) is 132 cm³/mol. The molecule has 3 fully saturated rings. The van der Waals surface area contributed by atoms with Crippen LogP contribution in [0.3, 0.4) is 0 Å². The number of carbonyl (C=O) groups is 5. The SMILES string of the molecule is CN(C)[C@H]1C(=O)C(C(=O)NCN2CCCC2)C(=O)[C@]2(O)C(=O)C3C(=O)c4c(O)cccc4[C@@](C)(O)[C@H]3C[C@@H]12. The number of ketones is 4. The standard InChI is InChI=1S/C27H33N3O8/c1-26(37)13-7-6-8-16(31)17(13)21(32)18-14(26)11-15-20(29(2)3)22(33)19(24(35)27(15,38)23(18)34)25(36)28-12-30-9-4-5-10-30/h6-8,14-15,18-20,31,37-38H,4-5,9-12H2,1-3H3,(H,28,36)/t14-,15-,18?,19?,20+,26+,27+/m0/s1. The molecule has 1 aromatic rings. The van der Waals surface area contributed by atoms with Crippen molar-refractivity contribution in [3.63, 3.8) is 0 Å². The molecule has 0 aromatic heterocycles. The second-order valence-corrected chi connectivity index (χ2v) is 11.4. The molecule has 2 saturated carbocycles. The molecule has 3 aliphatic carbocycles. The first-order valence-electron chi connectivity index (χ1n) is 12.9. The van der Waals surface area contributed by atoms with E-state index in [-0.39, 0.29) is 24.2 Å². The molecule has 7 atom stereocenters. The van der Waals surface area contributed by atoms with Crippen LogP contribution < -0.4 is 5.32 Å². The molecule has 5 rings (SSSR count). The van der Waals surface area contributed by atoms with Gasteiger partial charge in [-0.1, -0.05) is 12.1 Å². The average Bonchev–Trinajstić information content (AvgIpc) is 3.37. The van der Waals surface area contributed by atoms with Crippen molar-refractivity contribution < 1.29 is 39.3 Å². The highest BCUT2D eigenvalue weighted by atomic mass is 16.3. The number of likely N-dealkylation sites (N-methyl/N-ethyl adjacent to an activating group) is 1. The highest BCUT2D eigenvalue weighted by Crippen LogP contribution is 2.55. The maximum absolute atomic E-state index is 14.0. The van der Waals surface area contributed by atoms with Gasteiger partial charge >= 0.3 is 0 Å². The maximum Gasteiger partial charge on any atom is 0.239 e. The Balaban J connectivity index is 1.57. The first-order valence-corrected chi connectivity index (χ1v) is 12.9. The van der Waals surface area contributed by atoms with Crippen molar-refractivity contribution in [1.82, 2.24) is 15.1 Å². The number of amides is 1. The van der Waals surface area contributed by atoms with Gasteiger partial charge in [0.2, 0.25) is 5.91 Å². The monoisotopic (exact) mass is 527 g/mol. The van der Waals surface area contributed by atoms with Gasteiger partial charge in [-0.2, -0.15) is 0 Å². The van der Waals surface area contributed by atoms with Gasteiger partial charge in [-0.3, -0.25) is 33.8 Å². The zero-order valence-electron chi connectivity index (χ0n) is 21.6. The number of aromatic hydroxyl groups is 1. The summed E-state index contributed by atoms with van der Waals surface area (Å²) >= 11 is 0. The van der Waals surface area contributed by atoms with Crippen LogP contribution in [-0.2, 0) is 24.8 Å². The van der Waals surface area contributed by atoms with E-state index in [1.54, 1.807) is 14.1 Å². The Bertz CT molecular complexity index is 1240. The van der Waals surface area contributed by atoms with Gasteiger partial charge in [0.1, 0.15) is 5.75 Å². The van der Waals surface area contributed by atoms with Gasteiger partial charge in [-0.05, 0) is 65.0 Å². The second kappa shape index (κ2) is 9.04. The number of phenolic OH excluding ortho intramolecular Hbond substituents is 1. The number of carbonyl (C=O) groups excluding carboxylic acids is 5. The van der Waals surface area contributed by atoms with E-state index < -0.39 is 75.7 Å². The molecule has 0 bridgehead atoms. The molecule has 0 spiro atoms. The fraction of sp³-hybridized carbons (Fsp3) is 0.593. The summed E-state index contributed by atoms with van der Waals surface area (Å²) < 4.78 is 0. The number of benzene rings is 1. The van der Waals surface area contributed by atoms with Gasteiger partial charge in [0.05, 0.1) is 29.8 Å². The molecule has 1 heterocycles. The van der Waals surface area contributed by atoms with Crippen LogP contribution in [0.25, 0.3) is 0 Å². The fourth-order valence-electron chi connectivity index (χ4n) is 7.09. The molecular weight excluding hydrogens is 494 g/mol. The number of phenols is 1. The van der Waals surface area contributed by atoms with E-state index in [1.165, 1.54) is 30.0 Å². The first kappa shape index (κ1) is 26.6. The van der Waals surface area contributed by atoms with E-state index >= 15 is 0 Å². The normalized spacial score (nSPS) is 37.2. The molecule has 1 aliphatic heterocycles. The van der Waals surface area contributed by atoms with Crippen LogP contribution in [-0.4, -0.2) is 99.7 Å². The van der Waals surface area contributed by atoms with E-state index in [0.29, 0.717) is 0 Å². The lowest BCUT2D eigenvalue weighted by Crippen LogP contribution is -2.75. The largest absolute Gasteiger partial charge is 0.507 e. The number of nitrogens with one attached hydrogen (secondary N) is 1. The van der Waals surface area contributed by atoms with E-state index in [0.717, 1.165) is 25.9 Å². The molecule has 1 amide bonds. The Morgan fingerprint density at radius 3 is 2.37 bits per heavy atom. The number of nitrogens with zero attached hydrogens (tertiary/aromatic N) is 2. The van der Waals surface area contributed by atoms with Gasteiger partial charge in [0, 0.05) is 11.8 Å². The van der Waals surface area contributed by atoms with Crippen LogP contribution in [0.1, 0.15) is 42.1 Å². The van der Waals surface area contributed by atoms with Crippen molar-refractivity contribution in [1.29, 1.82) is 0 Å². The van der Waals surface area contributed by atoms with E-state index in [2.05, 4.69) is 5.32 Å². The Morgan fingerprint density at radius 1 is 1.08 bits per heavy atom. The summed E-state index contributed by atoms with van der Waals surface area (Å²) in [7, 11) is 3.10. The van der Waals surface area contributed by atoms with Crippen molar-refractivity contribution in [3.05, 3.63) is 29.3 Å². The third kappa shape index (κ3) is 3.59. The Kier molecular flexibility index (Phi) is 6.33. The van der Waals surface area contributed by atoms with Crippen molar-refractivity contribution in [2.45, 2.75) is 43.4 Å². The van der Waals surface area contributed by atoms with E-state index in [4.69, 9.17) is 0 Å². The predicted octanol–water partition coefficient (Wildman–Crippen LogP) is -0.784. The van der Waals surface area contributed by atoms with Gasteiger partial charge < -0.3 is 20.6 Å². The van der Waals surface area contributed by atoms with Gasteiger partial charge in [0.25, 0.3) is 0 Å². The number of hydrogen-bond donors (Lipinski definition) is 4. The lowest BCUT2D eigenvalue weighted by molar-refractivity contribution is -0.188.